The van der Waals surface area contributed by atoms with Gasteiger partial charge in [-0.3, -0.25) is 14.4 Å². The topological polar surface area (TPSA) is 78.9 Å². The lowest BCUT2D eigenvalue weighted by Gasteiger charge is -2.18. The molecule has 416 valence electrons. The van der Waals surface area contributed by atoms with Crippen LogP contribution >= 0.6 is 0 Å². The fourth-order valence-corrected chi connectivity index (χ4v) is 8.71. The van der Waals surface area contributed by atoms with Crippen LogP contribution in [0.25, 0.3) is 0 Å². The first-order valence-electron chi connectivity index (χ1n) is 30.9. The van der Waals surface area contributed by atoms with Crippen LogP contribution in [0.15, 0.2) is 72.9 Å². The molecule has 0 amide bonds. The van der Waals surface area contributed by atoms with Gasteiger partial charge in [-0.15, -0.1) is 0 Å². The largest absolute Gasteiger partial charge is 0.462 e. The molecule has 0 aromatic carbocycles. The number of hydrogen-bond acceptors (Lipinski definition) is 6. The van der Waals surface area contributed by atoms with Gasteiger partial charge in [-0.05, 0) is 116 Å². The van der Waals surface area contributed by atoms with Crippen LogP contribution in [-0.2, 0) is 28.6 Å². The molecule has 6 heteroatoms. The van der Waals surface area contributed by atoms with E-state index in [4.69, 9.17) is 14.2 Å². The molecule has 0 bridgehead atoms. The number of rotatable bonds is 56. The van der Waals surface area contributed by atoms with E-state index in [1.165, 1.54) is 173 Å². The lowest BCUT2D eigenvalue weighted by atomic mass is 10.1. The van der Waals surface area contributed by atoms with E-state index in [1.807, 2.05) is 0 Å². The highest BCUT2D eigenvalue weighted by molar-refractivity contribution is 5.71. The zero-order chi connectivity index (χ0) is 52.2. The highest BCUT2D eigenvalue weighted by Gasteiger charge is 2.19. The number of carbonyl (C=O) groups excluding carboxylic acids is 3. The van der Waals surface area contributed by atoms with Gasteiger partial charge in [0, 0.05) is 19.3 Å². The molecule has 0 fully saturated rings. The summed E-state index contributed by atoms with van der Waals surface area (Å²) in [6.07, 6.45) is 77.5. The third-order valence-corrected chi connectivity index (χ3v) is 13.4. The van der Waals surface area contributed by atoms with Crippen molar-refractivity contribution in [1.82, 2.24) is 0 Å². The van der Waals surface area contributed by atoms with Crippen LogP contribution < -0.4 is 0 Å². The first-order chi connectivity index (χ1) is 35.5. The average Bonchev–Trinajstić information content (AvgIpc) is 3.38. The van der Waals surface area contributed by atoms with Crippen molar-refractivity contribution in [2.75, 3.05) is 13.2 Å². The fourth-order valence-electron chi connectivity index (χ4n) is 8.71. The maximum atomic E-state index is 12.9. The third kappa shape index (κ3) is 57.7. The molecule has 0 N–H and O–H groups in total. The average molecular weight is 1010 g/mol. The summed E-state index contributed by atoms with van der Waals surface area (Å²) in [6, 6.07) is 0. The molecule has 0 saturated heterocycles. The van der Waals surface area contributed by atoms with E-state index in [-0.39, 0.29) is 31.1 Å². The van der Waals surface area contributed by atoms with E-state index < -0.39 is 6.10 Å². The van der Waals surface area contributed by atoms with E-state index in [0.29, 0.717) is 19.3 Å². The molecule has 6 nitrogen and oxygen atoms in total. The van der Waals surface area contributed by atoms with E-state index in [1.54, 1.807) is 0 Å². The monoisotopic (exact) mass is 1000 g/mol. The summed E-state index contributed by atoms with van der Waals surface area (Å²) in [5.74, 6) is -0.899. The summed E-state index contributed by atoms with van der Waals surface area (Å²) in [6.45, 7) is 6.59. The van der Waals surface area contributed by atoms with Gasteiger partial charge in [-0.1, -0.05) is 248 Å². The Hall–Kier alpha value is -3.15. The molecule has 0 aliphatic rings. The van der Waals surface area contributed by atoms with Crippen molar-refractivity contribution in [3.8, 4) is 0 Å². The van der Waals surface area contributed by atoms with Crippen LogP contribution in [0, 0.1) is 0 Å². The minimum Gasteiger partial charge on any atom is -0.462 e. The standard InChI is InChI=1S/C66H116O6/c1-4-7-10-13-16-19-22-25-28-31-32-33-34-36-38-41-44-47-50-53-56-59-65(68)71-62-63(61-70-64(67)58-55-52-49-46-43-40-37-30-27-24-21-18-15-12-9-6-3)72-66(69)60-57-54-51-48-45-42-39-35-29-26-23-20-17-14-11-8-5-2/h17,20-22,24-26,29-32,37,63H,4-16,18-19,23,27-28,33-36,38-62H2,1-3H3/b20-17-,24-21-,25-22-,29-26-,32-31-,37-30-. The van der Waals surface area contributed by atoms with E-state index >= 15 is 0 Å². The molecule has 0 aliphatic heterocycles. The number of ether oxygens (including phenoxy) is 3. The maximum absolute atomic E-state index is 12.9. The van der Waals surface area contributed by atoms with Crippen LogP contribution in [0.2, 0.25) is 0 Å². The summed E-state index contributed by atoms with van der Waals surface area (Å²) >= 11 is 0. The van der Waals surface area contributed by atoms with Gasteiger partial charge in [0.25, 0.3) is 0 Å². The summed E-state index contributed by atoms with van der Waals surface area (Å²) < 4.78 is 16.9. The molecule has 0 rings (SSSR count). The Morgan fingerprint density at radius 3 is 0.806 bits per heavy atom. The smallest absolute Gasteiger partial charge is 0.306 e. The number of esters is 3. The predicted molar refractivity (Wildman–Crippen MR) is 311 cm³/mol. The van der Waals surface area contributed by atoms with Gasteiger partial charge in [-0.2, -0.15) is 0 Å². The molecule has 72 heavy (non-hydrogen) atoms. The predicted octanol–water partition coefficient (Wildman–Crippen LogP) is 20.9. The number of hydrogen-bond donors (Lipinski definition) is 0. The fraction of sp³-hybridized carbons (Fsp3) is 0.773. The van der Waals surface area contributed by atoms with E-state index in [0.717, 1.165) is 96.3 Å². The van der Waals surface area contributed by atoms with Crippen molar-refractivity contribution in [3.05, 3.63) is 72.9 Å². The number of allylic oxidation sites excluding steroid dienone is 12. The van der Waals surface area contributed by atoms with Crippen LogP contribution in [0.4, 0.5) is 0 Å². The Morgan fingerprint density at radius 1 is 0.278 bits per heavy atom. The third-order valence-electron chi connectivity index (χ3n) is 13.4. The lowest BCUT2D eigenvalue weighted by Crippen LogP contribution is -2.30. The van der Waals surface area contributed by atoms with Gasteiger partial charge >= 0.3 is 17.9 Å². The van der Waals surface area contributed by atoms with Crippen molar-refractivity contribution in [1.29, 1.82) is 0 Å². The molecular weight excluding hydrogens is 889 g/mol. The molecule has 1 atom stereocenters. The minimum absolute atomic E-state index is 0.0847. The van der Waals surface area contributed by atoms with Crippen LogP contribution in [0.1, 0.15) is 310 Å². The Balaban J connectivity index is 4.39. The Bertz CT molecular complexity index is 1340. The highest BCUT2D eigenvalue weighted by atomic mass is 16.6. The van der Waals surface area contributed by atoms with Gasteiger partial charge in [0.2, 0.25) is 0 Å². The molecule has 0 spiro atoms. The molecule has 0 aromatic heterocycles. The van der Waals surface area contributed by atoms with Crippen molar-refractivity contribution < 1.29 is 28.6 Å². The van der Waals surface area contributed by atoms with Crippen molar-refractivity contribution in [2.45, 2.75) is 316 Å². The second kappa shape index (κ2) is 60.4. The van der Waals surface area contributed by atoms with E-state index in [2.05, 4.69) is 93.7 Å². The van der Waals surface area contributed by atoms with Crippen molar-refractivity contribution in [3.63, 3.8) is 0 Å². The first-order valence-corrected chi connectivity index (χ1v) is 30.9. The van der Waals surface area contributed by atoms with Crippen molar-refractivity contribution in [2.24, 2.45) is 0 Å². The lowest BCUT2D eigenvalue weighted by molar-refractivity contribution is -0.167. The minimum atomic E-state index is -0.788. The van der Waals surface area contributed by atoms with Gasteiger partial charge in [-0.25, -0.2) is 0 Å². The zero-order valence-corrected chi connectivity index (χ0v) is 47.7. The molecular formula is C66H116O6. The van der Waals surface area contributed by atoms with Gasteiger partial charge in [0.05, 0.1) is 0 Å². The van der Waals surface area contributed by atoms with Crippen LogP contribution in [0.5, 0.6) is 0 Å². The SMILES string of the molecule is CCCCC/C=C\C/C=C\CCCCCCCCCC(=O)OC(COC(=O)CCCCCCC/C=C\C/C=C\CCCCCC)COC(=O)CCCCCCCCCCC/C=C\C/C=C\CCCCCCC. The Kier molecular flexibility index (Phi) is 57.8. The van der Waals surface area contributed by atoms with Crippen molar-refractivity contribution >= 4 is 17.9 Å². The summed E-state index contributed by atoms with van der Waals surface area (Å²) in [7, 11) is 0. The maximum Gasteiger partial charge on any atom is 0.306 e. The second-order valence-electron chi connectivity index (χ2n) is 20.6. The molecule has 0 heterocycles. The quantitative estimate of drug-likeness (QED) is 0.0261. The molecule has 1 unspecified atom stereocenters. The van der Waals surface area contributed by atoms with Crippen LogP contribution in [0.3, 0.4) is 0 Å². The first kappa shape index (κ1) is 68.8. The molecule has 0 aromatic rings. The van der Waals surface area contributed by atoms with Gasteiger partial charge in [0.15, 0.2) is 6.10 Å². The summed E-state index contributed by atoms with van der Waals surface area (Å²) in [4.78, 5) is 38.3. The molecule has 0 saturated carbocycles. The number of carbonyl (C=O) groups is 3. The summed E-state index contributed by atoms with van der Waals surface area (Å²) in [5.41, 5.74) is 0. The van der Waals surface area contributed by atoms with Crippen LogP contribution in [-0.4, -0.2) is 37.2 Å². The highest BCUT2D eigenvalue weighted by Crippen LogP contribution is 2.15. The zero-order valence-electron chi connectivity index (χ0n) is 47.7. The normalized spacial score (nSPS) is 12.5. The Morgan fingerprint density at radius 2 is 0.500 bits per heavy atom. The number of unbranched alkanes of at least 4 members (excludes halogenated alkanes) is 33. The summed E-state index contributed by atoms with van der Waals surface area (Å²) in [5, 5.41) is 0. The molecule has 0 radical (unpaired) electrons. The Labute approximate surface area is 446 Å². The second-order valence-corrected chi connectivity index (χ2v) is 20.6. The van der Waals surface area contributed by atoms with Gasteiger partial charge < -0.3 is 14.2 Å². The van der Waals surface area contributed by atoms with E-state index in [9.17, 15) is 14.4 Å². The van der Waals surface area contributed by atoms with Gasteiger partial charge in [0.1, 0.15) is 13.2 Å². The molecule has 0 aliphatic carbocycles.